The van der Waals surface area contributed by atoms with Gasteiger partial charge in [0.2, 0.25) is 0 Å². The first-order chi connectivity index (χ1) is 11.5. The van der Waals surface area contributed by atoms with E-state index >= 15 is 0 Å². The molecule has 0 amide bonds. The fourth-order valence-electron chi connectivity index (χ4n) is 4.05. The summed E-state index contributed by atoms with van der Waals surface area (Å²) in [5.41, 5.74) is 16.2. The van der Waals surface area contributed by atoms with Crippen LogP contribution in [0.1, 0.15) is 37.8 Å². The van der Waals surface area contributed by atoms with Gasteiger partial charge in [0, 0.05) is 27.3 Å². The van der Waals surface area contributed by atoms with Crippen molar-refractivity contribution in [3.63, 3.8) is 0 Å². The Morgan fingerprint density at radius 3 is 2.54 bits per heavy atom. The van der Waals surface area contributed by atoms with Crippen LogP contribution in [-0.4, -0.2) is 16.4 Å². The number of phenolic OH excluding ortho intramolecular Hbond substituents is 1. The Morgan fingerprint density at radius 1 is 1.17 bits per heavy atom. The van der Waals surface area contributed by atoms with Gasteiger partial charge in [0.15, 0.2) is 0 Å². The summed E-state index contributed by atoms with van der Waals surface area (Å²) in [6.07, 6.45) is 2.82. The summed E-state index contributed by atoms with van der Waals surface area (Å²) in [6.45, 7) is 4.39. The lowest BCUT2D eigenvalue weighted by Crippen LogP contribution is -2.54. The summed E-state index contributed by atoms with van der Waals surface area (Å²) in [6, 6.07) is 13.8. The van der Waals surface area contributed by atoms with Crippen molar-refractivity contribution in [3.8, 4) is 5.75 Å². The van der Waals surface area contributed by atoms with Crippen LogP contribution in [0.4, 0.5) is 5.69 Å². The number of benzene rings is 2. The molecule has 2 aromatic carbocycles. The second kappa shape index (κ2) is 6.69. The van der Waals surface area contributed by atoms with E-state index in [1.54, 1.807) is 17.8 Å². The first kappa shape index (κ1) is 17.2. The molecule has 0 heterocycles. The zero-order valence-electron chi connectivity index (χ0n) is 14.3. The van der Waals surface area contributed by atoms with Crippen molar-refractivity contribution in [3.05, 3.63) is 53.6 Å². The highest BCUT2D eigenvalue weighted by atomic mass is 32.2. The highest BCUT2D eigenvalue weighted by Crippen LogP contribution is 2.47. The average Bonchev–Trinajstić information content (AvgIpc) is 2.59. The summed E-state index contributed by atoms with van der Waals surface area (Å²) in [7, 11) is 0. The van der Waals surface area contributed by atoms with Crippen LogP contribution in [0, 0.1) is 0 Å². The van der Waals surface area contributed by atoms with Gasteiger partial charge >= 0.3 is 0 Å². The van der Waals surface area contributed by atoms with Gasteiger partial charge in [-0.2, -0.15) is 0 Å². The Labute approximate surface area is 148 Å². The van der Waals surface area contributed by atoms with Crippen LogP contribution in [-0.2, 0) is 11.8 Å². The lowest BCUT2D eigenvalue weighted by molar-refractivity contribution is 0.290. The van der Waals surface area contributed by atoms with E-state index in [-0.39, 0.29) is 16.7 Å². The molecule has 0 radical (unpaired) electrons. The minimum absolute atomic E-state index is 0.0198. The monoisotopic (exact) mass is 342 g/mol. The van der Waals surface area contributed by atoms with Crippen molar-refractivity contribution in [2.75, 3.05) is 5.73 Å². The van der Waals surface area contributed by atoms with E-state index in [0.29, 0.717) is 5.75 Å². The molecule has 0 fully saturated rings. The van der Waals surface area contributed by atoms with Crippen LogP contribution in [0.3, 0.4) is 0 Å². The molecule has 5 N–H and O–H groups in total. The van der Waals surface area contributed by atoms with Crippen LogP contribution in [0.25, 0.3) is 0 Å². The van der Waals surface area contributed by atoms with E-state index in [9.17, 15) is 5.11 Å². The second-order valence-electron chi connectivity index (χ2n) is 6.63. The number of hydrogen-bond acceptors (Lipinski definition) is 4. The molecule has 0 aliphatic heterocycles. The van der Waals surface area contributed by atoms with Gasteiger partial charge in [-0.25, -0.2) is 0 Å². The van der Waals surface area contributed by atoms with Gasteiger partial charge in [-0.1, -0.05) is 32.0 Å². The minimum Gasteiger partial charge on any atom is -0.508 e. The van der Waals surface area contributed by atoms with Crippen molar-refractivity contribution >= 4 is 17.4 Å². The van der Waals surface area contributed by atoms with Crippen LogP contribution in [0.5, 0.6) is 5.75 Å². The molecule has 3 rings (SSSR count). The second-order valence-corrected chi connectivity index (χ2v) is 7.91. The number of anilines is 1. The number of nitrogens with two attached hydrogens (primary N) is 2. The van der Waals surface area contributed by atoms with Gasteiger partial charge in [-0.15, -0.1) is 11.8 Å². The molecule has 0 saturated heterocycles. The fraction of sp³-hybridized carbons (Fsp3) is 0.400. The highest BCUT2D eigenvalue weighted by molar-refractivity contribution is 8.00. The molecule has 1 aliphatic carbocycles. The van der Waals surface area contributed by atoms with Crippen LogP contribution in [0.15, 0.2) is 47.4 Å². The molecule has 1 aliphatic rings. The largest absolute Gasteiger partial charge is 0.508 e. The van der Waals surface area contributed by atoms with Gasteiger partial charge in [0.05, 0.1) is 0 Å². The van der Waals surface area contributed by atoms with Gasteiger partial charge in [0.25, 0.3) is 0 Å². The van der Waals surface area contributed by atoms with E-state index < -0.39 is 0 Å². The molecule has 24 heavy (non-hydrogen) atoms. The van der Waals surface area contributed by atoms with Crippen LogP contribution < -0.4 is 11.5 Å². The van der Waals surface area contributed by atoms with Gasteiger partial charge in [0.1, 0.15) is 5.75 Å². The molecule has 2 atom stereocenters. The van der Waals surface area contributed by atoms with Crippen molar-refractivity contribution in [1.29, 1.82) is 0 Å². The Balaban J connectivity index is 2.02. The third-order valence-electron chi connectivity index (χ3n) is 5.55. The molecule has 0 spiro atoms. The Morgan fingerprint density at radius 2 is 1.88 bits per heavy atom. The number of nitrogen functional groups attached to an aromatic ring is 1. The van der Waals surface area contributed by atoms with E-state index in [4.69, 9.17) is 11.5 Å². The third kappa shape index (κ3) is 2.78. The molecule has 128 valence electrons. The van der Waals surface area contributed by atoms with E-state index in [1.165, 1.54) is 11.1 Å². The smallest absolute Gasteiger partial charge is 0.115 e. The van der Waals surface area contributed by atoms with Crippen molar-refractivity contribution < 1.29 is 5.11 Å². The van der Waals surface area contributed by atoms with Crippen LogP contribution in [0.2, 0.25) is 0 Å². The van der Waals surface area contributed by atoms with Crippen molar-refractivity contribution in [2.45, 2.75) is 54.7 Å². The summed E-state index contributed by atoms with van der Waals surface area (Å²) in [5, 5.41) is 10.2. The fourth-order valence-corrected chi connectivity index (χ4v) is 5.41. The maximum absolute atomic E-state index is 9.97. The molecule has 0 bridgehead atoms. The number of rotatable bonds is 4. The first-order valence-corrected chi connectivity index (χ1v) is 9.49. The first-order valence-electron chi connectivity index (χ1n) is 8.61. The predicted molar refractivity (Wildman–Crippen MR) is 103 cm³/mol. The van der Waals surface area contributed by atoms with E-state index in [1.807, 2.05) is 24.3 Å². The maximum Gasteiger partial charge on any atom is 0.115 e. The molecule has 3 nitrogen and oxygen atoms in total. The van der Waals surface area contributed by atoms with Gasteiger partial charge in [-0.05, 0) is 54.7 Å². The minimum atomic E-state index is -0.104. The molecule has 0 saturated carbocycles. The summed E-state index contributed by atoms with van der Waals surface area (Å²) in [4.78, 5) is 1.10. The molecular formula is C20H26N2OS. The number of thioether (sulfide) groups is 1. The maximum atomic E-state index is 9.97. The topological polar surface area (TPSA) is 72.3 Å². The molecular weight excluding hydrogens is 316 g/mol. The number of hydrogen-bond donors (Lipinski definition) is 3. The predicted octanol–water partition coefficient (Wildman–Crippen LogP) is 4.08. The summed E-state index contributed by atoms with van der Waals surface area (Å²) >= 11 is 1.79. The van der Waals surface area contributed by atoms with Crippen molar-refractivity contribution in [2.24, 2.45) is 5.73 Å². The standard InChI is InChI=1S/C20H26N2OS/c1-3-20(4-2)15-12-14(23)10-9-13(15)11-18(19(20)22)24-17-8-6-5-7-16(17)21/h5-10,12,18-19,23H,3-4,11,21-22H2,1-2H3/t18-,19+/m0/s1. The zero-order chi connectivity index (χ0) is 17.3. The Hall–Kier alpha value is -1.65. The van der Waals surface area contributed by atoms with Crippen LogP contribution >= 0.6 is 11.8 Å². The molecule has 0 aromatic heterocycles. The quantitative estimate of drug-likeness (QED) is 0.732. The van der Waals surface area contributed by atoms with Gasteiger partial charge in [-0.3, -0.25) is 0 Å². The van der Waals surface area contributed by atoms with E-state index in [2.05, 4.69) is 26.0 Å². The lowest BCUT2D eigenvalue weighted by atomic mass is 9.63. The highest BCUT2D eigenvalue weighted by Gasteiger charge is 2.45. The van der Waals surface area contributed by atoms with Crippen molar-refractivity contribution in [1.82, 2.24) is 0 Å². The number of aromatic hydroxyl groups is 1. The van der Waals surface area contributed by atoms with Gasteiger partial charge < -0.3 is 16.6 Å². The lowest BCUT2D eigenvalue weighted by Gasteiger charge is -2.47. The normalized spacial score (nSPS) is 22.1. The number of phenols is 1. The number of para-hydroxylation sites is 1. The molecule has 2 aromatic rings. The van der Waals surface area contributed by atoms with E-state index in [0.717, 1.165) is 29.8 Å². The Bertz CT molecular complexity index is 727. The SMILES string of the molecule is CCC1(CC)c2cc(O)ccc2C[C@H](Sc2ccccc2N)[C@H]1N. The number of fused-ring (bicyclic) bond motifs is 1. The molecule has 4 heteroatoms. The summed E-state index contributed by atoms with van der Waals surface area (Å²) in [5.74, 6) is 0.325. The third-order valence-corrected chi connectivity index (χ3v) is 6.94. The zero-order valence-corrected chi connectivity index (χ0v) is 15.1. The molecule has 0 unspecified atom stereocenters. The average molecular weight is 343 g/mol. The summed E-state index contributed by atoms with van der Waals surface area (Å²) < 4.78 is 0. The Kier molecular flexibility index (Phi) is 4.79.